The van der Waals surface area contributed by atoms with Crippen molar-refractivity contribution in [2.24, 2.45) is 0 Å². The minimum atomic E-state index is -0.440. The third-order valence-electron chi connectivity index (χ3n) is 2.96. The Morgan fingerprint density at radius 1 is 1.61 bits per heavy atom. The van der Waals surface area contributed by atoms with Gasteiger partial charge in [0.2, 0.25) is 5.91 Å². The first-order valence-electron chi connectivity index (χ1n) is 5.81. The van der Waals surface area contributed by atoms with Gasteiger partial charge in [-0.1, -0.05) is 17.7 Å². The third kappa shape index (κ3) is 2.57. The van der Waals surface area contributed by atoms with Crippen LogP contribution >= 0.6 is 11.6 Å². The topological polar surface area (TPSA) is 56.1 Å². The third-order valence-corrected chi connectivity index (χ3v) is 3.20. The average Bonchev–Trinajstić information content (AvgIpc) is 2.32. The normalized spacial score (nSPS) is 23.4. The number of piperazine rings is 1. The molecule has 1 aliphatic heterocycles. The summed E-state index contributed by atoms with van der Waals surface area (Å²) in [5, 5.41) is 12.3. The molecule has 2 unspecified atom stereocenters. The predicted octanol–water partition coefficient (Wildman–Crippen LogP) is 1.95. The maximum Gasteiger partial charge on any atom is 0.244 e. The van der Waals surface area contributed by atoms with Gasteiger partial charge in [-0.05, 0) is 25.1 Å². The van der Waals surface area contributed by atoms with Gasteiger partial charge in [0.1, 0.15) is 6.04 Å². The van der Waals surface area contributed by atoms with Gasteiger partial charge in [-0.25, -0.2) is 0 Å². The van der Waals surface area contributed by atoms with Crippen LogP contribution in [0.5, 0.6) is 0 Å². The van der Waals surface area contributed by atoms with Gasteiger partial charge in [0.15, 0.2) is 0 Å². The number of amides is 1. The number of benzene rings is 1. The first-order valence-corrected chi connectivity index (χ1v) is 6.19. The number of nitrogens with zero attached hydrogens (tertiary/aromatic N) is 2. The Hall–Kier alpha value is -1.73. The molecule has 0 aromatic heterocycles. The number of hydrogen-bond acceptors (Lipinski definition) is 3. The van der Waals surface area contributed by atoms with E-state index in [1.165, 1.54) is 0 Å². The van der Waals surface area contributed by atoms with Gasteiger partial charge in [-0.2, -0.15) is 5.26 Å². The molecule has 0 bridgehead atoms. The number of nitrogens with one attached hydrogen (secondary N) is 1. The van der Waals surface area contributed by atoms with Crippen LogP contribution in [-0.4, -0.2) is 24.5 Å². The van der Waals surface area contributed by atoms with Crippen LogP contribution in [0.15, 0.2) is 24.3 Å². The maximum absolute atomic E-state index is 11.9. The van der Waals surface area contributed by atoms with E-state index in [-0.39, 0.29) is 18.4 Å². The van der Waals surface area contributed by atoms with E-state index in [2.05, 4.69) is 11.4 Å². The van der Waals surface area contributed by atoms with Gasteiger partial charge in [0, 0.05) is 23.3 Å². The van der Waals surface area contributed by atoms with E-state index in [1.807, 2.05) is 30.0 Å². The standard InChI is InChI=1S/C13H14ClN3O/c1-9-8-17(11-4-2-3-10(14)7-11)12(5-6-15)13(18)16-9/h2-4,7,9,12H,5,8H2,1H3,(H,16,18). The maximum atomic E-state index is 11.9. The Labute approximate surface area is 111 Å². The molecule has 94 valence electrons. The van der Waals surface area contributed by atoms with Crippen molar-refractivity contribution in [2.75, 3.05) is 11.4 Å². The Kier molecular flexibility index (Phi) is 3.73. The van der Waals surface area contributed by atoms with Crippen LogP contribution in [0.2, 0.25) is 5.02 Å². The zero-order valence-electron chi connectivity index (χ0n) is 10.1. The van der Waals surface area contributed by atoms with Crippen molar-refractivity contribution >= 4 is 23.2 Å². The molecule has 18 heavy (non-hydrogen) atoms. The summed E-state index contributed by atoms with van der Waals surface area (Å²) in [5.41, 5.74) is 0.879. The molecule has 5 heteroatoms. The largest absolute Gasteiger partial charge is 0.357 e. The minimum absolute atomic E-state index is 0.0615. The first-order chi connectivity index (χ1) is 8.61. The highest BCUT2D eigenvalue weighted by atomic mass is 35.5. The lowest BCUT2D eigenvalue weighted by molar-refractivity contribution is -0.124. The summed E-state index contributed by atoms with van der Waals surface area (Å²) in [4.78, 5) is 13.9. The summed E-state index contributed by atoms with van der Waals surface area (Å²) in [6.07, 6.45) is 0.172. The molecular formula is C13H14ClN3O. The number of nitriles is 1. The second kappa shape index (κ2) is 5.28. The zero-order valence-corrected chi connectivity index (χ0v) is 10.8. The molecule has 2 atom stereocenters. The molecule has 1 aliphatic rings. The van der Waals surface area contributed by atoms with Crippen molar-refractivity contribution in [2.45, 2.75) is 25.4 Å². The molecule has 1 saturated heterocycles. The van der Waals surface area contributed by atoms with Gasteiger partial charge in [0.25, 0.3) is 0 Å². The van der Waals surface area contributed by atoms with Crippen LogP contribution in [-0.2, 0) is 4.79 Å². The minimum Gasteiger partial charge on any atom is -0.357 e. The quantitative estimate of drug-likeness (QED) is 0.887. The number of halogens is 1. The molecule has 1 fully saturated rings. The summed E-state index contributed by atoms with van der Waals surface area (Å²) in [6, 6.07) is 9.04. The number of carbonyl (C=O) groups is 1. The Morgan fingerprint density at radius 2 is 2.39 bits per heavy atom. The molecule has 0 spiro atoms. The van der Waals surface area contributed by atoms with E-state index in [0.717, 1.165) is 5.69 Å². The van der Waals surface area contributed by atoms with Crippen molar-refractivity contribution < 1.29 is 4.79 Å². The van der Waals surface area contributed by atoms with E-state index < -0.39 is 6.04 Å². The van der Waals surface area contributed by atoms with E-state index in [1.54, 1.807) is 6.07 Å². The summed E-state index contributed by atoms with van der Waals surface area (Å²) in [5.74, 6) is -0.102. The van der Waals surface area contributed by atoms with Crippen LogP contribution in [0.3, 0.4) is 0 Å². The monoisotopic (exact) mass is 263 g/mol. The SMILES string of the molecule is CC1CN(c2cccc(Cl)c2)C(CC#N)C(=O)N1. The van der Waals surface area contributed by atoms with E-state index in [4.69, 9.17) is 16.9 Å². The zero-order chi connectivity index (χ0) is 13.1. The van der Waals surface area contributed by atoms with E-state index in [0.29, 0.717) is 11.6 Å². The lowest BCUT2D eigenvalue weighted by Crippen LogP contribution is -2.59. The van der Waals surface area contributed by atoms with E-state index >= 15 is 0 Å². The fourth-order valence-corrected chi connectivity index (χ4v) is 2.36. The highest BCUT2D eigenvalue weighted by Gasteiger charge is 2.32. The molecular weight excluding hydrogens is 250 g/mol. The fraction of sp³-hybridized carbons (Fsp3) is 0.385. The number of rotatable bonds is 2. The molecule has 4 nitrogen and oxygen atoms in total. The predicted molar refractivity (Wildman–Crippen MR) is 70.4 cm³/mol. The van der Waals surface area contributed by atoms with Gasteiger partial charge < -0.3 is 10.2 Å². The molecule has 1 aromatic rings. The van der Waals surface area contributed by atoms with E-state index in [9.17, 15) is 4.79 Å². The summed E-state index contributed by atoms with van der Waals surface area (Å²) < 4.78 is 0. The van der Waals surface area contributed by atoms with Crippen molar-refractivity contribution in [3.63, 3.8) is 0 Å². The van der Waals surface area contributed by atoms with Gasteiger partial charge >= 0.3 is 0 Å². The second-order valence-electron chi connectivity index (χ2n) is 4.42. The Balaban J connectivity index is 2.32. The molecule has 1 N–H and O–H groups in total. The average molecular weight is 264 g/mol. The molecule has 1 amide bonds. The molecule has 0 saturated carbocycles. The highest BCUT2D eigenvalue weighted by molar-refractivity contribution is 6.30. The van der Waals surface area contributed by atoms with Gasteiger partial charge in [-0.3, -0.25) is 4.79 Å². The summed E-state index contributed by atoms with van der Waals surface area (Å²) in [7, 11) is 0. The lowest BCUT2D eigenvalue weighted by Gasteiger charge is -2.39. The van der Waals surface area contributed by atoms with Crippen LogP contribution in [0.25, 0.3) is 0 Å². The van der Waals surface area contributed by atoms with Gasteiger partial charge in [-0.15, -0.1) is 0 Å². The Morgan fingerprint density at radius 3 is 3.06 bits per heavy atom. The lowest BCUT2D eigenvalue weighted by atomic mass is 10.1. The van der Waals surface area contributed by atoms with Crippen LogP contribution in [0.4, 0.5) is 5.69 Å². The molecule has 0 aliphatic carbocycles. The molecule has 2 rings (SSSR count). The van der Waals surface area contributed by atoms with Crippen molar-refractivity contribution in [1.29, 1.82) is 5.26 Å². The second-order valence-corrected chi connectivity index (χ2v) is 4.86. The molecule has 1 heterocycles. The smallest absolute Gasteiger partial charge is 0.244 e. The Bertz CT molecular complexity index is 497. The summed E-state index contributed by atoms with van der Waals surface area (Å²) >= 11 is 5.97. The summed E-state index contributed by atoms with van der Waals surface area (Å²) in [6.45, 7) is 2.62. The number of carbonyl (C=O) groups excluding carboxylic acids is 1. The van der Waals surface area contributed by atoms with Crippen LogP contribution in [0, 0.1) is 11.3 Å². The highest BCUT2D eigenvalue weighted by Crippen LogP contribution is 2.24. The number of anilines is 1. The number of hydrogen-bond donors (Lipinski definition) is 1. The molecule has 1 aromatic carbocycles. The first kappa shape index (κ1) is 12.7. The fourth-order valence-electron chi connectivity index (χ4n) is 2.18. The van der Waals surface area contributed by atoms with Crippen molar-refractivity contribution in [3.05, 3.63) is 29.3 Å². The van der Waals surface area contributed by atoms with Crippen LogP contribution < -0.4 is 10.2 Å². The molecule has 0 radical (unpaired) electrons. The van der Waals surface area contributed by atoms with Crippen molar-refractivity contribution in [3.8, 4) is 6.07 Å². The van der Waals surface area contributed by atoms with Gasteiger partial charge in [0.05, 0.1) is 12.5 Å². The van der Waals surface area contributed by atoms with Crippen molar-refractivity contribution in [1.82, 2.24) is 5.32 Å². The van der Waals surface area contributed by atoms with Crippen LogP contribution in [0.1, 0.15) is 13.3 Å².